The number of halogens is 1. The van der Waals surface area contributed by atoms with Gasteiger partial charge in [-0.2, -0.15) is 0 Å². The van der Waals surface area contributed by atoms with Crippen LogP contribution in [0.4, 0.5) is 5.69 Å². The number of sulfone groups is 1. The van der Waals surface area contributed by atoms with Crippen molar-refractivity contribution in [3.8, 4) is 0 Å². The summed E-state index contributed by atoms with van der Waals surface area (Å²) in [6.45, 7) is 0. The molecular weight excluding hydrogens is 290 g/mol. The van der Waals surface area contributed by atoms with Crippen LogP contribution in [0.5, 0.6) is 0 Å². The van der Waals surface area contributed by atoms with Crippen LogP contribution in [0.25, 0.3) is 0 Å². The number of thiophene rings is 1. The first-order valence-electron chi connectivity index (χ1n) is 5.29. The molecule has 0 aliphatic heterocycles. The average Bonchev–Trinajstić information content (AvgIpc) is 2.83. The second-order valence-corrected chi connectivity index (χ2v) is 7.36. The number of hydrogen-bond donors (Lipinski definition) is 1. The molecule has 1 heterocycles. The Bertz CT molecular complexity index is 636. The Morgan fingerprint density at radius 3 is 2.72 bits per heavy atom. The van der Waals surface area contributed by atoms with Crippen molar-refractivity contribution in [3.05, 3.63) is 45.6 Å². The maximum Gasteiger partial charge on any atom is 0.180 e. The van der Waals surface area contributed by atoms with Crippen LogP contribution in [0, 0.1) is 0 Å². The monoisotopic (exact) mass is 301 g/mol. The molecule has 0 saturated heterocycles. The van der Waals surface area contributed by atoms with Crippen LogP contribution in [0.2, 0.25) is 5.02 Å². The molecule has 0 amide bonds. The number of benzene rings is 1. The van der Waals surface area contributed by atoms with Crippen LogP contribution >= 0.6 is 22.9 Å². The van der Waals surface area contributed by atoms with E-state index >= 15 is 0 Å². The SMILES string of the molecule is Nc1ccc(Cl)c(S(=O)(=O)CCc2cccs2)c1. The van der Waals surface area contributed by atoms with Crippen molar-refractivity contribution in [2.45, 2.75) is 11.3 Å². The van der Waals surface area contributed by atoms with Crippen LogP contribution in [0.15, 0.2) is 40.6 Å². The van der Waals surface area contributed by atoms with E-state index in [2.05, 4.69) is 0 Å². The van der Waals surface area contributed by atoms with Crippen molar-refractivity contribution in [1.29, 1.82) is 0 Å². The molecule has 0 aliphatic carbocycles. The van der Waals surface area contributed by atoms with Gasteiger partial charge in [0.1, 0.15) is 0 Å². The molecule has 2 aromatic rings. The normalized spacial score (nSPS) is 11.6. The van der Waals surface area contributed by atoms with Gasteiger partial charge < -0.3 is 5.73 Å². The van der Waals surface area contributed by atoms with Gasteiger partial charge in [0, 0.05) is 10.6 Å². The molecular formula is C12H12ClNO2S2. The molecule has 2 N–H and O–H groups in total. The highest BCUT2D eigenvalue weighted by Gasteiger charge is 2.18. The summed E-state index contributed by atoms with van der Waals surface area (Å²) in [5.41, 5.74) is 5.99. The molecule has 0 saturated carbocycles. The summed E-state index contributed by atoms with van der Waals surface area (Å²) in [6, 6.07) is 8.32. The van der Waals surface area contributed by atoms with Gasteiger partial charge in [-0.3, -0.25) is 0 Å². The summed E-state index contributed by atoms with van der Waals surface area (Å²) >= 11 is 7.45. The molecule has 0 bridgehead atoms. The van der Waals surface area contributed by atoms with Crippen molar-refractivity contribution in [3.63, 3.8) is 0 Å². The molecule has 0 radical (unpaired) electrons. The van der Waals surface area contributed by atoms with Gasteiger partial charge in [-0.1, -0.05) is 17.7 Å². The summed E-state index contributed by atoms with van der Waals surface area (Å²) in [5.74, 6) is 0.0384. The van der Waals surface area contributed by atoms with Crippen LogP contribution in [-0.4, -0.2) is 14.2 Å². The summed E-state index contributed by atoms with van der Waals surface area (Å²) < 4.78 is 24.3. The lowest BCUT2D eigenvalue weighted by molar-refractivity contribution is 0.595. The maximum atomic E-state index is 12.2. The first-order chi connectivity index (χ1) is 8.49. The van der Waals surface area contributed by atoms with Gasteiger partial charge in [0.05, 0.1) is 15.7 Å². The van der Waals surface area contributed by atoms with E-state index in [1.54, 1.807) is 17.4 Å². The Kier molecular flexibility index (Phi) is 3.94. The number of nitrogens with two attached hydrogens (primary N) is 1. The maximum absolute atomic E-state index is 12.2. The van der Waals surface area contributed by atoms with Crippen molar-refractivity contribution < 1.29 is 8.42 Å². The molecule has 0 spiro atoms. The fraction of sp³-hybridized carbons (Fsp3) is 0.167. The third-order valence-electron chi connectivity index (χ3n) is 2.49. The van der Waals surface area contributed by atoms with Gasteiger partial charge in [0.15, 0.2) is 9.84 Å². The molecule has 6 heteroatoms. The van der Waals surface area contributed by atoms with Gasteiger partial charge in [0.25, 0.3) is 0 Å². The summed E-state index contributed by atoms with van der Waals surface area (Å²) in [7, 11) is -3.39. The zero-order chi connectivity index (χ0) is 13.2. The summed E-state index contributed by atoms with van der Waals surface area (Å²) in [5, 5.41) is 2.14. The Hall–Kier alpha value is -1.04. The van der Waals surface area contributed by atoms with E-state index < -0.39 is 9.84 Å². The Balaban J connectivity index is 2.22. The minimum Gasteiger partial charge on any atom is -0.399 e. The lowest BCUT2D eigenvalue weighted by atomic mass is 10.3. The largest absolute Gasteiger partial charge is 0.399 e. The van der Waals surface area contributed by atoms with Crippen molar-refractivity contribution in [2.24, 2.45) is 0 Å². The quantitative estimate of drug-likeness (QED) is 0.883. The molecule has 0 aliphatic rings. The van der Waals surface area contributed by atoms with Crippen molar-refractivity contribution in [2.75, 3.05) is 11.5 Å². The summed E-state index contributed by atoms with van der Waals surface area (Å²) in [4.78, 5) is 1.15. The fourth-order valence-electron chi connectivity index (χ4n) is 1.56. The van der Waals surface area contributed by atoms with Crippen molar-refractivity contribution in [1.82, 2.24) is 0 Å². The lowest BCUT2D eigenvalue weighted by Gasteiger charge is -2.06. The summed E-state index contributed by atoms with van der Waals surface area (Å²) in [6.07, 6.45) is 0.491. The van der Waals surface area contributed by atoms with Crippen LogP contribution in [0.3, 0.4) is 0 Å². The number of aryl methyl sites for hydroxylation is 1. The molecule has 96 valence electrons. The molecule has 0 atom stereocenters. The number of anilines is 1. The predicted octanol–water partition coefficient (Wildman–Crippen LogP) is 3.00. The fourth-order valence-corrected chi connectivity index (χ4v) is 4.26. The molecule has 18 heavy (non-hydrogen) atoms. The minimum atomic E-state index is -3.39. The third kappa shape index (κ3) is 3.04. The highest BCUT2D eigenvalue weighted by atomic mass is 35.5. The first kappa shape index (κ1) is 13.4. The van der Waals surface area contributed by atoms with E-state index in [1.807, 2.05) is 17.5 Å². The molecule has 2 rings (SSSR count). The molecule has 0 fully saturated rings. The Labute approximate surface area is 115 Å². The van der Waals surface area contributed by atoms with E-state index in [0.717, 1.165) is 4.88 Å². The predicted molar refractivity (Wildman–Crippen MR) is 75.9 cm³/mol. The number of rotatable bonds is 4. The number of hydrogen-bond acceptors (Lipinski definition) is 4. The zero-order valence-electron chi connectivity index (χ0n) is 9.47. The minimum absolute atomic E-state index is 0.0384. The van der Waals surface area contributed by atoms with Gasteiger partial charge >= 0.3 is 0 Å². The molecule has 1 aromatic carbocycles. The highest BCUT2D eigenvalue weighted by molar-refractivity contribution is 7.91. The van der Waals surface area contributed by atoms with E-state index in [0.29, 0.717) is 12.1 Å². The third-order valence-corrected chi connectivity index (χ3v) is 5.61. The zero-order valence-corrected chi connectivity index (χ0v) is 11.9. The van der Waals surface area contributed by atoms with E-state index in [9.17, 15) is 8.42 Å². The number of nitrogen functional groups attached to an aromatic ring is 1. The lowest BCUT2D eigenvalue weighted by Crippen LogP contribution is -2.09. The highest BCUT2D eigenvalue weighted by Crippen LogP contribution is 2.25. The average molecular weight is 302 g/mol. The first-order valence-corrected chi connectivity index (χ1v) is 8.20. The van der Waals surface area contributed by atoms with E-state index in [-0.39, 0.29) is 15.7 Å². The van der Waals surface area contributed by atoms with Crippen LogP contribution in [-0.2, 0) is 16.3 Å². The standard InChI is InChI=1S/C12H12ClNO2S2/c13-11-4-3-9(14)8-12(11)18(15,16)7-5-10-2-1-6-17-10/h1-4,6,8H,5,7,14H2. The molecule has 1 aromatic heterocycles. The van der Waals surface area contributed by atoms with Gasteiger partial charge in [-0.15, -0.1) is 11.3 Å². The van der Waals surface area contributed by atoms with Gasteiger partial charge in [0.2, 0.25) is 0 Å². The molecule has 0 unspecified atom stereocenters. The second-order valence-electron chi connectivity index (χ2n) is 3.84. The van der Waals surface area contributed by atoms with Crippen LogP contribution < -0.4 is 5.73 Å². The van der Waals surface area contributed by atoms with E-state index in [1.165, 1.54) is 12.1 Å². The van der Waals surface area contributed by atoms with Crippen LogP contribution in [0.1, 0.15) is 4.88 Å². The van der Waals surface area contributed by atoms with Gasteiger partial charge in [-0.05, 0) is 36.1 Å². The Morgan fingerprint density at radius 2 is 2.06 bits per heavy atom. The van der Waals surface area contributed by atoms with E-state index in [4.69, 9.17) is 17.3 Å². The topological polar surface area (TPSA) is 60.2 Å². The Morgan fingerprint density at radius 1 is 1.28 bits per heavy atom. The second kappa shape index (κ2) is 5.30. The van der Waals surface area contributed by atoms with Gasteiger partial charge in [-0.25, -0.2) is 8.42 Å². The van der Waals surface area contributed by atoms with Crippen molar-refractivity contribution >= 4 is 38.5 Å². The smallest absolute Gasteiger partial charge is 0.180 e. The molecule has 3 nitrogen and oxygen atoms in total.